The molecule has 2 unspecified atom stereocenters. The summed E-state index contributed by atoms with van der Waals surface area (Å²) in [6.45, 7) is 0.682. The first-order valence-corrected chi connectivity index (χ1v) is 6.50. The van der Waals surface area contributed by atoms with Crippen LogP contribution < -0.4 is 10.9 Å². The minimum absolute atomic E-state index is 0.0460. The average Bonchev–Trinajstić information content (AvgIpc) is 2.86. The van der Waals surface area contributed by atoms with Gasteiger partial charge in [0.25, 0.3) is 5.56 Å². The van der Waals surface area contributed by atoms with E-state index in [1.54, 1.807) is 0 Å². The van der Waals surface area contributed by atoms with Gasteiger partial charge in [0, 0.05) is 29.7 Å². The van der Waals surface area contributed by atoms with Crippen molar-refractivity contribution in [2.45, 2.75) is 24.8 Å². The van der Waals surface area contributed by atoms with E-state index in [4.69, 9.17) is 4.52 Å². The van der Waals surface area contributed by atoms with Gasteiger partial charge in [-0.15, -0.1) is 0 Å². The highest BCUT2D eigenvalue weighted by atomic mass is 19.1. The van der Waals surface area contributed by atoms with Gasteiger partial charge in [0.15, 0.2) is 0 Å². The Hall–Kier alpha value is -1.95. The molecule has 0 amide bonds. The highest BCUT2D eigenvalue weighted by Crippen LogP contribution is 2.34. The molecule has 2 aromatic rings. The highest BCUT2D eigenvalue weighted by Gasteiger charge is 2.28. The maximum Gasteiger partial charge on any atom is 0.280 e. The zero-order valence-corrected chi connectivity index (χ0v) is 10.7. The van der Waals surface area contributed by atoms with Crippen molar-refractivity contribution in [3.05, 3.63) is 57.6 Å². The molecule has 1 aliphatic heterocycles. The van der Waals surface area contributed by atoms with Crippen molar-refractivity contribution in [3.63, 3.8) is 0 Å². The minimum atomic E-state index is -0.588. The van der Waals surface area contributed by atoms with Gasteiger partial charge in [-0.3, -0.25) is 4.79 Å². The predicted molar refractivity (Wildman–Crippen MR) is 68.4 cm³/mol. The van der Waals surface area contributed by atoms with E-state index < -0.39 is 11.6 Å². The molecule has 1 saturated heterocycles. The summed E-state index contributed by atoms with van der Waals surface area (Å²) in [6, 6.07) is 4.80. The second-order valence-corrected chi connectivity index (χ2v) is 5.01. The maximum absolute atomic E-state index is 13.8. The van der Waals surface area contributed by atoms with Crippen LogP contribution in [0.15, 0.2) is 33.6 Å². The number of aromatic amines is 1. The van der Waals surface area contributed by atoms with E-state index in [2.05, 4.69) is 10.5 Å². The topological polar surface area (TPSA) is 58.0 Å². The number of benzene rings is 1. The van der Waals surface area contributed by atoms with Crippen LogP contribution in [0.1, 0.15) is 36.1 Å². The van der Waals surface area contributed by atoms with Gasteiger partial charge in [-0.2, -0.15) is 5.16 Å². The van der Waals surface area contributed by atoms with Gasteiger partial charge in [0.2, 0.25) is 0 Å². The molecule has 2 heterocycles. The summed E-state index contributed by atoms with van der Waals surface area (Å²) in [5, 5.41) is 5.47. The van der Waals surface area contributed by atoms with Crippen LogP contribution >= 0.6 is 0 Å². The van der Waals surface area contributed by atoms with Crippen molar-refractivity contribution in [1.29, 1.82) is 0 Å². The quantitative estimate of drug-likeness (QED) is 0.888. The Morgan fingerprint density at radius 1 is 1.25 bits per heavy atom. The van der Waals surface area contributed by atoms with Crippen LogP contribution in [0.25, 0.3) is 0 Å². The fraction of sp³-hybridized carbons (Fsp3) is 0.357. The molecule has 0 saturated carbocycles. The number of piperidine rings is 1. The summed E-state index contributed by atoms with van der Waals surface area (Å²) < 4.78 is 31.9. The summed E-state index contributed by atoms with van der Waals surface area (Å²) >= 11 is 0. The molecular formula is C14H14F2N2O2. The van der Waals surface area contributed by atoms with Crippen molar-refractivity contribution in [1.82, 2.24) is 10.5 Å². The van der Waals surface area contributed by atoms with Crippen LogP contribution in [0.2, 0.25) is 0 Å². The molecular weight excluding hydrogens is 266 g/mol. The zero-order valence-electron chi connectivity index (χ0n) is 10.7. The molecule has 2 atom stereocenters. The number of halogens is 2. The Bertz CT molecular complexity index is 665. The first-order valence-electron chi connectivity index (χ1n) is 6.50. The average molecular weight is 280 g/mol. The number of hydrogen-bond acceptors (Lipinski definition) is 3. The Labute approximate surface area is 113 Å². The van der Waals surface area contributed by atoms with Crippen LogP contribution in [-0.2, 0) is 0 Å². The molecule has 2 N–H and O–H groups in total. The van der Waals surface area contributed by atoms with E-state index in [1.165, 1.54) is 18.2 Å². The van der Waals surface area contributed by atoms with Crippen molar-refractivity contribution >= 4 is 0 Å². The summed E-state index contributed by atoms with van der Waals surface area (Å²) in [5.74, 6) is -0.511. The molecule has 0 bridgehead atoms. The third-order valence-electron chi connectivity index (χ3n) is 3.69. The highest BCUT2D eigenvalue weighted by molar-refractivity contribution is 5.23. The van der Waals surface area contributed by atoms with Crippen LogP contribution in [0.3, 0.4) is 0 Å². The van der Waals surface area contributed by atoms with Gasteiger partial charge in [-0.1, -0.05) is 6.07 Å². The Morgan fingerprint density at radius 2 is 2.10 bits per heavy atom. The van der Waals surface area contributed by atoms with Gasteiger partial charge in [-0.05, 0) is 25.5 Å². The molecule has 0 spiro atoms. The van der Waals surface area contributed by atoms with Crippen molar-refractivity contribution in [3.8, 4) is 0 Å². The van der Waals surface area contributed by atoms with Gasteiger partial charge < -0.3 is 9.84 Å². The molecule has 1 fully saturated rings. The number of hydrogen-bond donors (Lipinski definition) is 2. The molecule has 0 radical (unpaired) electrons. The van der Waals surface area contributed by atoms with Gasteiger partial charge in [0.1, 0.15) is 17.4 Å². The van der Waals surface area contributed by atoms with Crippen LogP contribution in [0.5, 0.6) is 0 Å². The SMILES string of the molecule is O=c1cc(C2CCNC(c3ccc(F)cc3F)C2)o[nH]1. The molecule has 1 aliphatic rings. The predicted octanol–water partition coefficient (Wildman–Crippen LogP) is 2.45. The number of H-pyrrole nitrogens is 1. The standard InChI is InChI=1S/C14H14F2N2O2/c15-9-1-2-10(11(16)6-9)12-5-8(3-4-17-12)13-7-14(19)18-20-13/h1-2,6-8,12,17H,3-5H2,(H,18,19). The molecule has 6 heteroatoms. The van der Waals surface area contributed by atoms with Gasteiger partial charge in [-0.25, -0.2) is 8.78 Å². The third-order valence-corrected chi connectivity index (χ3v) is 3.69. The lowest BCUT2D eigenvalue weighted by atomic mass is 9.87. The lowest BCUT2D eigenvalue weighted by Gasteiger charge is -2.29. The molecule has 20 heavy (non-hydrogen) atoms. The lowest BCUT2D eigenvalue weighted by molar-refractivity contribution is 0.292. The normalized spacial score (nSPS) is 22.9. The molecule has 4 nitrogen and oxygen atoms in total. The van der Waals surface area contributed by atoms with Crippen LogP contribution in [0, 0.1) is 11.6 Å². The smallest absolute Gasteiger partial charge is 0.280 e. The molecule has 0 aliphatic carbocycles. The Morgan fingerprint density at radius 3 is 2.80 bits per heavy atom. The number of aromatic nitrogens is 1. The summed E-state index contributed by atoms with van der Waals surface area (Å²) in [7, 11) is 0. The first kappa shape index (κ1) is 13.1. The lowest BCUT2D eigenvalue weighted by Crippen LogP contribution is -2.31. The molecule has 106 valence electrons. The summed E-state index contributed by atoms with van der Waals surface area (Å²) in [4.78, 5) is 11.1. The molecule has 1 aromatic heterocycles. The van der Waals surface area contributed by atoms with Crippen molar-refractivity contribution < 1.29 is 13.3 Å². The molecule has 1 aromatic carbocycles. The van der Waals surface area contributed by atoms with E-state index in [1.807, 2.05) is 0 Å². The van der Waals surface area contributed by atoms with Crippen LogP contribution in [-0.4, -0.2) is 11.7 Å². The number of rotatable bonds is 2. The van der Waals surface area contributed by atoms with E-state index in [0.717, 1.165) is 12.5 Å². The van der Waals surface area contributed by atoms with E-state index in [-0.39, 0.29) is 17.5 Å². The Balaban J connectivity index is 1.83. The van der Waals surface area contributed by atoms with E-state index in [9.17, 15) is 13.6 Å². The zero-order chi connectivity index (χ0) is 14.1. The second-order valence-electron chi connectivity index (χ2n) is 5.01. The second kappa shape index (κ2) is 5.20. The fourth-order valence-electron chi connectivity index (χ4n) is 2.70. The number of nitrogens with one attached hydrogen (secondary N) is 2. The third kappa shape index (κ3) is 2.51. The minimum Gasteiger partial charge on any atom is -0.383 e. The van der Waals surface area contributed by atoms with Crippen molar-refractivity contribution in [2.24, 2.45) is 0 Å². The largest absolute Gasteiger partial charge is 0.383 e. The Kier molecular flexibility index (Phi) is 3.40. The van der Waals surface area contributed by atoms with E-state index in [0.29, 0.717) is 24.3 Å². The van der Waals surface area contributed by atoms with Gasteiger partial charge >= 0.3 is 0 Å². The van der Waals surface area contributed by atoms with E-state index >= 15 is 0 Å². The fourth-order valence-corrected chi connectivity index (χ4v) is 2.70. The summed E-state index contributed by atoms with van der Waals surface area (Å²) in [5.41, 5.74) is 0.164. The monoisotopic (exact) mass is 280 g/mol. The summed E-state index contributed by atoms with van der Waals surface area (Å²) in [6.07, 6.45) is 1.41. The van der Waals surface area contributed by atoms with Crippen LogP contribution in [0.4, 0.5) is 8.78 Å². The molecule has 3 rings (SSSR count). The first-order chi connectivity index (χ1) is 9.63. The van der Waals surface area contributed by atoms with Crippen molar-refractivity contribution in [2.75, 3.05) is 6.54 Å². The maximum atomic E-state index is 13.8. The van der Waals surface area contributed by atoms with Gasteiger partial charge in [0.05, 0.1) is 0 Å².